The van der Waals surface area contributed by atoms with Gasteiger partial charge in [-0.2, -0.15) is 0 Å². The van der Waals surface area contributed by atoms with Gasteiger partial charge in [-0.05, 0) is 18.6 Å². The van der Waals surface area contributed by atoms with Crippen molar-refractivity contribution >= 4 is 11.0 Å². The van der Waals surface area contributed by atoms with Gasteiger partial charge in [0, 0.05) is 6.07 Å². The highest BCUT2D eigenvalue weighted by Gasteiger charge is 2.00. The fourth-order valence-electron chi connectivity index (χ4n) is 2.34. The predicted molar refractivity (Wildman–Crippen MR) is 82.0 cm³/mol. The van der Waals surface area contributed by atoms with Crippen LogP contribution in [0.25, 0.3) is 11.0 Å². The molecule has 0 radical (unpaired) electrons. The number of rotatable bonds is 10. The van der Waals surface area contributed by atoms with Crippen LogP contribution in [0.15, 0.2) is 18.2 Å². The van der Waals surface area contributed by atoms with Crippen LogP contribution in [0.3, 0.4) is 0 Å². The molecule has 2 aromatic rings. The molecule has 0 aliphatic rings. The van der Waals surface area contributed by atoms with Crippen molar-refractivity contribution in [2.24, 2.45) is 0 Å². The molecule has 110 valence electrons. The van der Waals surface area contributed by atoms with Crippen molar-refractivity contribution in [2.75, 3.05) is 6.61 Å². The average Bonchev–Trinajstić information content (AvgIpc) is 2.93. The number of hydrogen-bond acceptors (Lipinski definition) is 3. The van der Waals surface area contributed by atoms with Crippen LogP contribution in [0.4, 0.5) is 0 Å². The molecule has 0 amide bonds. The molecular formula is C16H25N3O. The minimum Gasteiger partial charge on any atom is -0.494 e. The second-order valence-corrected chi connectivity index (χ2v) is 5.31. The number of unbranched alkanes of at least 4 members (excludes halogenated alkanes) is 7. The van der Waals surface area contributed by atoms with Gasteiger partial charge in [-0.15, -0.1) is 5.10 Å². The molecule has 0 saturated carbocycles. The van der Waals surface area contributed by atoms with Gasteiger partial charge >= 0.3 is 0 Å². The average molecular weight is 275 g/mol. The first-order valence-corrected chi connectivity index (χ1v) is 7.84. The lowest BCUT2D eigenvalue weighted by atomic mass is 10.1. The van der Waals surface area contributed by atoms with Crippen molar-refractivity contribution in [3.63, 3.8) is 0 Å². The molecule has 1 aromatic carbocycles. The number of nitrogens with zero attached hydrogens (tertiary/aromatic N) is 2. The maximum Gasteiger partial charge on any atom is 0.121 e. The van der Waals surface area contributed by atoms with E-state index in [9.17, 15) is 0 Å². The summed E-state index contributed by atoms with van der Waals surface area (Å²) in [4.78, 5) is 0. The zero-order valence-corrected chi connectivity index (χ0v) is 12.4. The lowest BCUT2D eigenvalue weighted by Crippen LogP contribution is -1.97. The third kappa shape index (κ3) is 4.83. The van der Waals surface area contributed by atoms with Crippen LogP contribution in [-0.2, 0) is 0 Å². The summed E-state index contributed by atoms with van der Waals surface area (Å²) in [7, 11) is 0. The van der Waals surface area contributed by atoms with Crippen molar-refractivity contribution in [2.45, 2.75) is 58.3 Å². The molecule has 4 heteroatoms. The number of fused-ring (bicyclic) bond motifs is 1. The minimum absolute atomic E-state index is 0.794. The highest BCUT2D eigenvalue weighted by molar-refractivity contribution is 5.75. The molecule has 1 N–H and O–H groups in total. The molecule has 0 aliphatic heterocycles. The van der Waals surface area contributed by atoms with Crippen LogP contribution in [0, 0.1) is 0 Å². The van der Waals surface area contributed by atoms with Crippen LogP contribution in [-0.4, -0.2) is 22.0 Å². The van der Waals surface area contributed by atoms with Crippen LogP contribution in [0.5, 0.6) is 5.75 Å². The van der Waals surface area contributed by atoms with Crippen molar-refractivity contribution in [1.29, 1.82) is 0 Å². The Labute approximate surface area is 120 Å². The molecule has 0 atom stereocenters. The first kappa shape index (κ1) is 14.8. The molecule has 0 fully saturated rings. The normalized spacial score (nSPS) is 11.1. The molecule has 0 saturated heterocycles. The van der Waals surface area contributed by atoms with E-state index in [1.165, 1.54) is 44.9 Å². The van der Waals surface area contributed by atoms with E-state index in [1.54, 1.807) is 0 Å². The third-order valence-electron chi connectivity index (χ3n) is 3.56. The van der Waals surface area contributed by atoms with Crippen molar-refractivity contribution in [1.82, 2.24) is 15.4 Å². The Kier molecular flexibility index (Phi) is 6.35. The molecule has 0 unspecified atom stereocenters. The van der Waals surface area contributed by atoms with Gasteiger partial charge in [0.25, 0.3) is 0 Å². The quantitative estimate of drug-likeness (QED) is 0.650. The minimum atomic E-state index is 0.794. The molecule has 0 aliphatic carbocycles. The van der Waals surface area contributed by atoms with E-state index in [2.05, 4.69) is 22.3 Å². The van der Waals surface area contributed by atoms with Crippen LogP contribution in [0.2, 0.25) is 0 Å². The Morgan fingerprint density at radius 1 is 1.00 bits per heavy atom. The maximum atomic E-state index is 5.75. The molecule has 1 heterocycles. The fraction of sp³-hybridized carbons (Fsp3) is 0.625. The summed E-state index contributed by atoms with van der Waals surface area (Å²) in [6, 6.07) is 5.84. The number of ether oxygens (including phenoxy) is 1. The molecular weight excluding hydrogens is 250 g/mol. The standard InChI is InChI=1S/C16H25N3O/c1-2-3-4-5-6-7-8-9-12-20-14-10-11-15-16(13-14)18-19-17-15/h10-11,13H,2-9,12H2,1H3,(H,17,18,19). The SMILES string of the molecule is CCCCCCCCCCOc1ccc2nn[nH]c2c1. The fourth-order valence-corrected chi connectivity index (χ4v) is 2.34. The smallest absolute Gasteiger partial charge is 0.121 e. The molecule has 20 heavy (non-hydrogen) atoms. The Bertz CT molecular complexity index is 495. The van der Waals surface area contributed by atoms with Gasteiger partial charge in [-0.1, -0.05) is 57.1 Å². The summed E-state index contributed by atoms with van der Waals surface area (Å²) in [5, 5.41) is 10.6. The Balaban J connectivity index is 1.54. The third-order valence-corrected chi connectivity index (χ3v) is 3.56. The zero-order valence-electron chi connectivity index (χ0n) is 12.4. The van der Waals surface area contributed by atoms with Gasteiger partial charge < -0.3 is 4.74 Å². The second-order valence-electron chi connectivity index (χ2n) is 5.31. The van der Waals surface area contributed by atoms with Crippen LogP contribution in [0.1, 0.15) is 58.3 Å². The van der Waals surface area contributed by atoms with Gasteiger partial charge in [0.15, 0.2) is 0 Å². The van der Waals surface area contributed by atoms with E-state index < -0.39 is 0 Å². The Hall–Kier alpha value is -1.58. The van der Waals surface area contributed by atoms with E-state index in [4.69, 9.17) is 4.74 Å². The largest absolute Gasteiger partial charge is 0.494 e. The van der Waals surface area contributed by atoms with Gasteiger partial charge in [0.2, 0.25) is 0 Å². The molecule has 0 spiro atoms. The Morgan fingerprint density at radius 2 is 1.75 bits per heavy atom. The van der Waals surface area contributed by atoms with Gasteiger partial charge in [-0.25, -0.2) is 0 Å². The Morgan fingerprint density at radius 3 is 2.55 bits per heavy atom. The molecule has 4 nitrogen and oxygen atoms in total. The van der Waals surface area contributed by atoms with E-state index in [0.29, 0.717) is 0 Å². The number of aromatic amines is 1. The van der Waals surface area contributed by atoms with E-state index >= 15 is 0 Å². The first-order valence-electron chi connectivity index (χ1n) is 7.84. The monoisotopic (exact) mass is 275 g/mol. The number of nitrogens with one attached hydrogen (secondary N) is 1. The molecule has 1 aromatic heterocycles. The van der Waals surface area contributed by atoms with Crippen molar-refractivity contribution < 1.29 is 4.74 Å². The highest BCUT2D eigenvalue weighted by Crippen LogP contribution is 2.17. The summed E-state index contributed by atoms with van der Waals surface area (Å²) in [5.41, 5.74) is 1.81. The molecule has 0 bridgehead atoms. The number of hydrogen-bond donors (Lipinski definition) is 1. The highest BCUT2D eigenvalue weighted by atomic mass is 16.5. The second kappa shape index (κ2) is 8.56. The summed E-state index contributed by atoms with van der Waals surface area (Å²) >= 11 is 0. The van der Waals surface area contributed by atoms with Gasteiger partial charge in [0.05, 0.1) is 12.1 Å². The summed E-state index contributed by atoms with van der Waals surface area (Å²) < 4.78 is 5.75. The van der Waals surface area contributed by atoms with E-state index in [0.717, 1.165) is 29.8 Å². The lowest BCUT2D eigenvalue weighted by Gasteiger charge is -2.06. The topological polar surface area (TPSA) is 50.8 Å². The summed E-state index contributed by atoms with van der Waals surface area (Å²) in [6.45, 7) is 3.05. The first-order chi connectivity index (χ1) is 9.90. The van der Waals surface area contributed by atoms with Crippen molar-refractivity contribution in [3.8, 4) is 5.75 Å². The van der Waals surface area contributed by atoms with E-state index in [-0.39, 0.29) is 0 Å². The van der Waals surface area contributed by atoms with Crippen LogP contribution < -0.4 is 4.74 Å². The summed E-state index contributed by atoms with van der Waals surface area (Å²) in [6.07, 6.45) is 10.6. The number of H-pyrrole nitrogens is 1. The number of aromatic nitrogens is 3. The lowest BCUT2D eigenvalue weighted by molar-refractivity contribution is 0.304. The van der Waals surface area contributed by atoms with Gasteiger partial charge in [-0.3, -0.25) is 5.10 Å². The van der Waals surface area contributed by atoms with Gasteiger partial charge in [0.1, 0.15) is 11.3 Å². The van der Waals surface area contributed by atoms with Crippen LogP contribution >= 0.6 is 0 Å². The zero-order chi connectivity index (χ0) is 14.0. The number of benzene rings is 1. The maximum absolute atomic E-state index is 5.75. The van der Waals surface area contributed by atoms with Crippen molar-refractivity contribution in [3.05, 3.63) is 18.2 Å². The molecule has 2 rings (SSSR count). The predicted octanol–water partition coefficient (Wildman–Crippen LogP) is 4.48. The van der Waals surface area contributed by atoms with E-state index in [1.807, 2.05) is 18.2 Å². The summed E-state index contributed by atoms with van der Waals surface area (Å²) in [5.74, 6) is 0.895.